The molecule has 1 aliphatic heterocycles. The number of anilines is 1. The Labute approximate surface area is 199 Å². The molecule has 2 aromatic rings. The molecule has 2 heterocycles. The van der Waals surface area contributed by atoms with Crippen molar-refractivity contribution >= 4 is 28.5 Å². The van der Waals surface area contributed by atoms with Crippen molar-refractivity contribution in [1.29, 1.82) is 0 Å². The Morgan fingerprint density at radius 3 is 2.76 bits per heavy atom. The van der Waals surface area contributed by atoms with Gasteiger partial charge in [0.25, 0.3) is 5.91 Å². The molecule has 186 valence electrons. The molecule has 4 N–H and O–H groups in total. The monoisotopic (exact) mass is 499 g/mol. The van der Waals surface area contributed by atoms with E-state index in [4.69, 9.17) is 10.5 Å². The maximum Gasteiger partial charge on any atom is 0.319 e. The number of aryl methyl sites for hydroxylation is 1. The van der Waals surface area contributed by atoms with E-state index >= 15 is 0 Å². The number of amides is 3. The zero-order chi connectivity index (χ0) is 24.8. The number of hydrogen-bond acceptors (Lipinski definition) is 6. The number of ether oxygens (including phenoxy) is 1. The molecule has 0 aliphatic carbocycles. The summed E-state index contributed by atoms with van der Waals surface area (Å²) in [6, 6.07) is 0.827. The second-order valence-electron chi connectivity index (χ2n) is 8.24. The molecule has 1 aromatic carbocycles. The lowest BCUT2D eigenvalue weighted by atomic mass is 10.0. The predicted octanol–water partition coefficient (Wildman–Crippen LogP) is 3.93. The van der Waals surface area contributed by atoms with Crippen molar-refractivity contribution in [2.75, 3.05) is 25.0 Å². The number of urea groups is 1. The number of likely N-dealkylation sites (tertiary alicyclic amines) is 1. The van der Waals surface area contributed by atoms with Gasteiger partial charge in [-0.15, -0.1) is 0 Å². The normalized spacial score (nSPS) is 16.3. The van der Waals surface area contributed by atoms with Crippen LogP contribution < -0.4 is 21.1 Å². The highest BCUT2D eigenvalue weighted by atomic mass is 32.1. The summed E-state index contributed by atoms with van der Waals surface area (Å²) in [4.78, 5) is 26.6. The van der Waals surface area contributed by atoms with Crippen molar-refractivity contribution in [2.24, 2.45) is 5.73 Å². The summed E-state index contributed by atoms with van der Waals surface area (Å²) in [5, 5.41) is 5.24. The molecule has 3 rings (SSSR count). The highest BCUT2D eigenvalue weighted by molar-refractivity contribution is 7.11. The number of halogens is 3. The lowest BCUT2D eigenvalue weighted by Gasteiger charge is -2.33. The van der Waals surface area contributed by atoms with Crippen molar-refractivity contribution < 1.29 is 27.5 Å². The minimum atomic E-state index is -1.38. The van der Waals surface area contributed by atoms with Crippen molar-refractivity contribution in [3.63, 3.8) is 0 Å². The molecule has 1 saturated heterocycles. The lowest BCUT2D eigenvalue weighted by molar-refractivity contribution is 0.0996. The molecule has 1 unspecified atom stereocenters. The molecule has 3 amide bonds. The number of aromatic nitrogens is 1. The molecule has 12 heteroatoms. The zero-order valence-electron chi connectivity index (χ0n) is 19.1. The number of primary amides is 1. The first-order chi connectivity index (χ1) is 16.2. The van der Waals surface area contributed by atoms with Gasteiger partial charge in [0.1, 0.15) is 23.0 Å². The first kappa shape index (κ1) is 25.8. The second kappa shape index (κ2) is 11.5. The minimum Gasteiger partial charge on any atom is -0.471 e. The van der Waals surface area contributed by atoms with Gasteiger partial charge in [-0.2, -0.15) is 4.37 Å². The van der Waals surface area contributed by atoms with E-state index in [1.54, 1.807) is 0 Å². The third kappa shape index (κ3) is 6.17. The van der Waals surface area contributed by atoms with Crippen molar-refractivity contribution in [3.8, 4) is 5.88 Å². The molecule has 0 radical (unpaired) electrons. The van der Waals surface area contributed by atoms with Gasteiger partial charge in [0.2, 0.25) is 5.88 Å². The topological polar surface area (TPSA) is 110 Å². The number of carbonyl (C=O) groups is 2. The Morgan fingerprint density at radius 1 is 1.29 bits per heavy atom. The number of nitrogens with one attached hydrogen (secondary N) is 2. The van der Waals surface area contributed by atoms with Crippen LogP contribution in [0.3, 0.4) is 0 Å². The summed E-state index contributed by atoms with van der Waals surface area (Å²) in [6.07, 6.45) is 4.37. The lowest BCUT2D eigenvalue weighted by Crippen LogP contribution is -2.39. The molecule has 1 aromatic heterocycles. The quantitative estimate of drug-likeness (QED) is 0.358. The Bertz CT molecular complexity index is 1050. The van der Waals surface area contributed by atoms with Crippen LogP contribution in [-0.4, -0.2) is 46.9 Å². The third-order valence-corrected chi connectivity index (χ3v) is 6.52. The van der Waals surface area contributed by atoms with Crippen LogP contribution in [0.1, 0.15) is 54.1 Å². The maximum absolute atomic E-state index is 14.1. The smallest absolute Gasteiger partial charge is 0.319 e. The number of rotatable bonds is 9. The molecule has 1 atom stereocenters. The number of carbonyl (C=O) groups excluding carboxylic acids is 2. The summed E-state index contributed by atoms with van der Waals surface area (Å²) in [6.45, 7) is 5.07. The van der Waals surface area contributed by atoms with Crippen LogP contribution >= 0.6 is 11.5 Å². The molecule has 0 spiro atoms. The van der Waals surface area contributed by atoms with Gasteiger partial charge in [0.05, 0.1) is 5.56 Å². The third-order valence-electron chi connectivity index (χ3n) is 5.77. The fourth-order valence-corrected chi connectivity index (χ4v) is 4.56. The standard InChI is InChI=1S/C22H28F3N5O3S/c1-12-10-15(23)14(18(25)17(12)24)11-33-20-16(19(26)31)21(34-29-20)28-22(32)27-7-5-9-30-8-4-3-6-13(30)2/h10,13H,3-9,11H2,1-2H3,(H2,26,31)(H2,27,28,32). The van der Waals surface area contributed by atoms with E-state index in [0.29, 0.717) is 12.6 Å². The highest BCUT2D eigenvalue weighted by Gasteiger charge is 2.24. The van der Waals surface area contributed by atoms with Gasteiger partial charge in [-0.1, -0.05) is 6.42 Å². The minimum absolute atomic E-state index is 0.0284. The zero-order valence-corrected chi connectivity index (χ0v) is 19.9. The summed E-state index contributed by atoms with van der Waals surface area (Å²) in [5.41, 5.74) is 4.31. The second-order valence-corrected chi connectivity index (χ2v) is 9.02. The van der Waals surface area contributed by atoms with Crippen LogP contribution in [0.15, 0.2) is 6.07 Å². The van der Waals surface area contributed by atoms with Gasteiger partial charge < -0.3 is 20.7 Å². The fraction of sp³-hybridized carbons (Fsp3) is 0.500. The van der Waals surface area contributed by atoms with E-state index < -0.39 is 41.6 Å². The number of nitrogens with two attached hydrogens (primary N) is 1. The van der Waals surface area contributed by atoms with Crippen LogP contribution in [-0.2, 0) is 6.61 Å². The molecular weight excluding hydrogens is 471 g/mol. The number of piperidine rings is 1. The van der Waals surface area contributed by atoms with Gasteiger partial charge in [0, 0.05) is 19.1 Å². The average molecular weight is 500 g/mol. The summed E-state index contributed by atoms with van der Waals surface area (Å²) >= 11 is 0.727. The van der Waals surface area contributed by atoms with E-state index in [1.807, 2.05) is 0 Å². The van der Waals surface area contributed by atoms with E-state index in [-0.39, 0.29) is 22.0 Å². The molecule has 34 heavy (non-hydrogen) atoms. The van der Waals surface area contributed by atoms with Crippen LogP contribution in [0.5, 0.6) is 5.88 Å². The summed E-state index contributed by atoms with van der Waals surface area (Å²) in [7, 11) is 0. The van der Waals surface area contributed by atoms with Gasteiger partial charge in [-0.05, 0) is 62.8 Å². The van der Waals surface area contributed by atoms with Crippen LogP contribution in [0.25, 0.3) is 0 Å². The molecule has 1 fully saturated rings. The highest BCUT2D eigenvalue weighted by Crippen LogP contribution is 2.31. The Balaban J connectivity index is 1.57. The van der Waals surface area contributed by atoms with E-state index in [0.717, 1.165) is 37.1 Å². The van der Waals surface area contributed by atoms with Gasteiger partial charge in [0.15, 0.2) is 11.6 Å². The SMILES string of the molecule is Cc1cc(F)c(COc2nsc(NC(=O)NCCCN3CCCCC3C)c2C(N)=O)c(F)c1F. The largest absolute Gasteiger partial charge is 0.471 e. The van der Waals surface area contributed by atoms with Crippen molar-refractivity contribution in [3.05, 3.63) is 40.2 Å². The first-order valence-electron chi connectivity index (χ1n) is 11.0. The van der Waals surface area contributed by atoms with Gasteiger partial charge in [-0.25, -0.2) is 18.0 Å². The van der Waals surface area contributed by atoms with Crippen LogP contribution in [0.2, 0.25) is 0 Å². The Kier molecular flexibility index (Phi) is 8.72. The van der Waals surface area contributed by atoms with Crippen LogP contribution in [0.4, 0.5) is 23.0 Å². The Hall–Kier alpha value is -2.86. The van der Waals surface area contributed by atoms with E-state index in [2.05, 4.69) is 26.8 Å². The molecular formula is C22H28F3N5O3S. The summed E-state index contributed by atoms with van der Waals surface area (Å²) in [5.74, 6) is -4.84. The van der Waals surface area contributed by atoms with Gasteiger partial charge in [-0.3, -0.25) is 10.1 Å². The predicted molar refractivity (Wildman–Crippen MR) is 123 cm³/mol. The Morgan fingerprint density at radius 2 is 2.06 bits per heavy atom. The van der Waals surface area contributed by atoms with Crippen molar-refractivity contribution in [2.45, 2.75) is 52.2 Å². The van der Waals surface area contributed by atoms with Crippen LogP contribution in [0, 0.1) is 24.4 Å². The van der Waals surface area contributed by atoms with Gasteiger partial charge >= 0.3 is 6.03 Å². The average Bonchev–Trinajstić information content (AvgIpc) is 3.18. The van der Waals surface area contributed by atoms with Crippen molar-refractivity contribution in [1.82, 2.24) is 14.6 Å². The molecule has 1 aliphatic rings. The van der Waals surface area contributed by atoms with E-state index in [9.17, 15) is 22.8 Å². The number of hydrogen-bond donors (Lipinski definition) is 3. The maximum atomic E-state index is 14.1. The fourth-order valence-electron chi connectivity index (χ4n) is 3.82. The molecule has 0 bridgehead atoms. The van der Waals surface area contributed by atoms with E-state index in [1.165, 1.54) is 26.2 Å². The summed E-state index contributed by atoms with van der Waals surface area (Å²) < 4.78 is 51.0. The molecule has 8 nitrogen and oxygen atoms in total. The first-order valence-corrected chi connectivity index (χ1v) is 11.8. The number of benzene rings is 1. The molecule has 0 saturated carbocycles. The number of nitrogens with zero attached hydrogens (tertiary/aromatic N) is 2.